The highest BCUT2D eigenvalue weighted by molar-refractivity contribution is 7.12. The first-order valence-electron chi connectivity index (χ1n) is 14.1. The molecule has 218 valence electrons. The summed E-state index contributed by atoms with van der Waals surface area (Å²) in [5, 5.41) is 13.2. The number of pyridine rings is 1. The Morgan fingerprint density at radius 3 is 2.62 bits per heavy atom. The van der Waals surface area contributed by atoms with Crippen LogP contribution in [-0.2, 0) is 6.54 Å². The van der Waals surface area contributed by atoms with Gasteiger partial charge in [-0.05, 0) is 64.7 Å². The highest BCUT2D eigenvalue weighted by atomic mass is 32.1. The van der Waals surface area contributed by atoms with Crippen LogP contribution in [0.2, 0.25) is 0 Å². The number of likely N-dealkylation sites (N-methyl/N-ethyl adjacent to an activating group) is 1. The van der Waals surface area contributed by atoms with E-state index in [0.717, 1.165) is 59.2 Å². The number of fused-ring (bicyclic) bond motifs is 1. The quantitative estimate of drug-likeness (QED) is 0.282. The Hall–Kier alpha value is -4.13. The van der Waals surface area contributed by atoms with Crippen molar-refractivity contribution >= 4 is 39.7 Å². The lowest BCUT2D eigenvalue weighted by Gasteiger charge is -2.30. The molecule has 5 aromatic rings. The number of hydrogen-bond donors (Lipinski definition) is 2. The van der Waals surface area contributed by atoms with Gasteiger partial charge in [0.25, 0.3) is 5.56 Å². The van der Waals surface area contributed by atoms with E-state index in [2.05, 4.69) is 55.5 Å². The third kappa shape index (κ3) is 5.40. The number of thiazole rings is 1. The first-order valence-corrected chi connectivity index (χ1v) is 15.0. The Balaban J connectivity index is 1.39. The van der Waals surface area contributed by atoms with Crippen LogP contribution in [0.5, 0.6) is 0 Å². The van der Waals surface area contributed by atoms with Gasteiger partial charge in [-0.25, -0.2) is 9.67 Å². The zero-order valence-corrected chi connectivity index (χ0v) is 25.5. The van der Waals surface area contributed by atoms with Crippen molar-refractivity contribution in [2.45, 2.75) is 27.3 Å². The van der Waals surface area contributed by atoms with Gasteiger partial charge >= 0.3 is 0 Å². The van der Waals surface area contributed by atoms with E-state index in [1.807, 2.05) is 38.7 Å². The van der Waals surface area contributed by atoms with E-state index in [1.165, 1.54) is 22.6 Å². The Bertz CT molecular complexity index is 1780. The van der Waals surface area contributed by atoms with E-state index in [0.29, 0.717) is 30.2 Å². The highest BCUT2D eigenvalue weighted by Crippen LogP contribution is 2.30. The van der Waals surface area contributed by atoms with Gasteiger partial charge in [0.15, 0.2) is 0 Å². The van der Waals surface area contributed by atoms with Gasteiger partial charge in [0, 0.05) is 67.8 Å². The summed E-state index contributed by atoms with van der Waals surface area (Å²) in [4.78, 5) is 32.3. The van der Waals surface area contributed by atoms with E-state index in [9.17, 15) is 4.79 Å². The average Bonchev–Trinajstić information content (AvgIpc) is 3.61. The van der Waals surface area contributed by atoms with Crippen molar-refractivity contribution in [1.29, 1.82) is 0 Å². The topological polar surface area (TPSA) is 109 Å². The Kier molecular flexibility index (Phi) is 7.76. The minimum absolute atomic E-state index is 0.0970. The van der Waals surface area contributed by atoms with Crippen LogP contribution >= 0.6 is 11.3 Å². The number of nitrogens with one attached hydrogen (secondary N) is 2. The van der Waals surface area contributed by atoms with Crippen LogP contribution in [0.25, 0.3) is 27.2 Å². The maximum absolute atomic E-state index is 14.1. The molecule has 0 atom stereocenters. The third-order valence-corrected chi connectivity index (χ3v) is 8.44. The fraction of sp³-hybridized carbons (Fsp3) is 0.367. The van der Waals surface area contributed by atoms with Gasteiger partial charge in [-0.2, -0.15) is 10.1 Å². The SMILES string of the molecule is Cc1cc(Nc2ncc3cc(-c4c(C)nn(-c5cncs5)c4C)c(=O)n(CCN(C)C)c3n2)ccc1N1CCNCC1. The number of nitrogens with zero attached hydrogens (tertiary/aromatic N) is 8. The van der Waals surface area contributed by atoms with E-state index >= 15 is 0 Å². The predicted octanol–water partition coefficient (Wildman–Crippen LogP) is 3.74. The van der Waals surface area contributed by atoms with Crippen molar-refractivity contribution < 1.29 is 0 Å². The molecule has 1 fully saturated rings. The second-order valence-corrected chi connectivity index (χ2v) is 11.8. The lowest BCUT2D eigenvalue weighted by atomic mass is 10.0. The third-order valence-electron chi connectivity index (χ3n) is 7.70. The molecule has 0 unspecified atom stereocenters. The van der Waals surface area contributed by atoms with E-state index < -0.39 is 0 Å². The molecular weight excluding hydrogens is 548 g/mol. The van der Waals surface area contributed by atoms with Crippen LogP contribution in [0, 0.1) is 20.8 Å². The van der Waals surface area contributed by atoms with Crippen LogP contribution in [0.1, 0.15) is 17.0 Å². The maximum atomic E-state index is 14.1. The number of benzene rings is 1. The molecule has 0 amide bonds. The second-order valence-electron chi connectivity index (χ2n) is 11.0. The van der Waals surface area contributed by atoms with Crippen molar-refractivity contribution in [3.05, 3.63) is 69.5 Å². The molecule has 4 aromatic heterocycles. The van der Waals surface area contributed by atoms with Gasteiger partial charge in [0.05, 0.1) is 28.7 Å². The Labute approximate surface area is 248 Å². The monoisotopic (exact) mass is 584 g/mol. The summed E-state index contributed by atoms with van der Waals surface area (Å²) in [7, 11) is 4.00. The standard InChI is InChI=1S/C30H36N10OS/c1-19-14-23(6-7-25(19)38-10-8-31-9-11-38)34-30-33-16-22-15-24(29(41)39(28(22)35-30)13-12-37(4)5)27-20(2)36-40(21(27)3)26-17-32-18-42-26/h6-7,14-18,31H,8-13H2,1-5H3,(H,33,34,35). The molecule has 0 aliphatic carbocycles. The van der Waals surface area contributed by atoms with Crippen molar-refractivity contribution in [2.24, 2.45) is 0 Å². The maximum Gasteiger partial charge on any atom is 0.260 e. The fourth-order valence-corrected chi connectivity index (χ4v) is 6.22. The summed E-state index contributed by atoms with van der Waals surface area (Å²) >= 11 is 1.51. The van der Waals surface area contributed by atoms with Crippen molar-refractivity contribution in [3.63, 3.8) is 0 Å². The van der Waals surface area contributed by atoms with Crippen molar-refractivity contribution in [3.8, 4) is 16.1 Å². The summed E-state index contributed by atoms with van der Waals surface area (Å²) in [6.07, 6.45) is 3.58. The number of hydrogen-bond acceptors (Lipinski definition) is 10. The zero-order chi connectivity index (χ0) is 29.4. The molecular formula is C30H36N10OS. The molecule has 1 saturated heterocycles. The lowest BCUT2D eigenvalue weighted by molar-refractivity contribution is 0.384. The number of rotatable bonds is 8. The van der Waals surface area contributed by atoms with Crippen LogP contribution in [0.4, 0.5) is 17.3 Å². The zero-order valence-electron chi connectivity index (χ0n) is 24.7. The van der Waals surface area contributed by atoms with Crippen LogP contribution in [-0.4, -0.2) is 81.0 Å². The molecule has 12 heteroatoms. The fourth-order valence-electron chi connectivity index (χ4n) is 5.59. The Morgan fingerprint density at radius 2 is 1.90 bits per heavy atom. The van der Waals surface area contributed by atoms with Gasteiger partial charge in [0.1, 0.15) is 10.6 Å². The summed E-state index contributed by atoms with van der Waals surface area (Å²) in [5.41, 5.74) is 8.73. The number of aryl methyl sites for hydroxylation is 2. The molecule has 11 nitrogen and oxygen atoms in total. The predicted molar refractivity (Wildman–Crippen MR) is 170 cm³/mol. The molecule has 0 radical (unpaired) electrons. The van der Waals surface area contributed by atoms with Gasteiger partial charge < -0.3 is 20.4 Å². The lowest BCUT2D eigenvalue weighted by Crippen LogP contribution is -2.43. The largest absolute Gasteiger partial charge is 0.369 e. The molecule has 42 heavy (non-hydrogen) atoms. The minimum Gasteiger partial charge on any atom is -0.369 e. The summed E-state index contributed by atoms with van der Waals surface area (Å²) < 4.78 is 3.62. The normalized spacial score (nSPS) is 13.8. The summed E-state index contributed by atoms with van der Waals surface area (Å²) in [6, 6.07) is 8.24. The van der Waals surface area contributed by atoms with E-state index in [1.54, 1.807) is 22.5 Å². The molecule has 0 spiro atoms. The van der Waals surface area contributed by atoms with E-state index in [-0.39, 0.29) is 5.56 Å². The number of aromatic nitrogens is 6. The molecule has 6 rings (SSSR count). The van der Waals surface area contributed by atoms with Crippen molar-refractivity contribution in [2.75, 3.05) is 57.0 Å². The molecule has 5 heterocycles. The summed E-state index contributed by atoms with van der Waals surface area (Å²) in [5.74, 6) is 0.452. The van der Waals surface area contributed by atoms with Crippen LogP contribution < -0.4 is 21.1 Å². The smallest absolute Gasteiger partial charge is 0.260 e. The molecule has 1 aliphatic rings. The molecule has 1 aromatic carbocycles. The van der Waals surface area contributed by atoms with Crippen LogP contribution in [0.3, 0.4) is 0 Å². The number of piperazine rings is 1. The summed E-state index contributed by atoms with van der Waals surface area (Å²) in [6.45, 7) is 11.2. The minimum atomic E-state index is -0.0970. The Morgan fingerprint density at radius 1 is 1.10 bits per heavy atom. The second kappa shape index (κ2) is 11.6. The first-order chi connectivity index (χ1) is 20.3. The highest BCUT2D eigenvalue weighted by Gasteiger charge is 2.21. The number of anilines is 3. The molecule has 2 N–H and O–H groups in total. The van der Waals surface area contributed by atoms with Crippen molar-refractivity contribution in [1.82, 2.24) is 39.5 Å². The molecule has 0 bridgehead atoms. The first kappa shape index (κ1) is 28.0. The van der Waals surface area contributed by atoms with Gasteiger partial charge in [-0.3, -0.25) is 14.3 Å². The van der Waals surface area contributed by atoms with Gasteiger partial charge in [-0.15, -0.1) is 11.3 Å². The molecule has 1 aliphatic heterocycles. The van der Waals surface area contributed by atoms with Gasteiger partial charge in [-0.1, -0.05) is 0 Å². The van der Waals surface area contributed by atoms with E-state index in [4.69, 9.17) is 10.1 Å². The van der Waals surface area contributed by atoms with Gasteiger partial charge in [0.2, 0.25) is 5.95 Å². The molecule has 0 saturated carbocycles. The average molecular weight is 585 g/mol. The van der Waals surface area contributed by atoms with Crippen LogP contribution in [0.15, 0.2) is 47.0 Å².